The van der Waals surface area contributed by atoms with Crippen LogP contribution in [0.2, 0.25) is 0 Å². The number of nitrogens with one attached hydrogen (secondary N) is 1. The molecule has 7 heteroatoms. The number of nitrogens with zero attached hydrogens (tertiary/aromatic N) is 1. The first kappa shape index (κ1) is 12.2. The normalized spacial score (nSPS) is 21.7. The Balaban J connectivity index is 0.00000112. The lowest BCUT2D eigenvalue weighted by Crippen LogP contribution is -2.43. The highest BCUT2D eigenvalue weighted by molar-refractivity contribution is 7.86. The van der Waals surface area contributed by atoms with Crippen LogP contribution < -0.4 is 10.5 Å². The SMILES string of the molecule is NS(=O)(=O)N1CCC2=C(C=CCN2)C1.O. The van der Waals surface area contributed by atoms with E-state index in [1.165, 1.54) is 4.31 Å². The number of hydrogen-bond acceptors (Lipinski definition) is 3. The molecule has 0 aromatic carbocycles. The minimum Gasteiger partial charge on any atom is -0.412 e. The Kier molecular flexibility index (Phi) is 3.50. The van der Waals surface area contributed by atoms with Gasteiger partial charge in [-0.1, -0.05) is 12.2 Å². The maximum Gasteiger partial charge on any atom is 0.277 e. The van der Waals surface area contributed by atoms with E-state index in [9.17, 15) is 8.42 Å². The lowest BCUT2D eigenvalue weighted by Gasteiger charge is -2.29. The first-order valence-electron chi connectivity index (χ1n) is 4.47. The molecule has 0 bridgehead atoms. The fourth-order valence-electron chi connectivity index (χ4n) is 1.72. The standard InChI is InChI=1S/C8H13N3O2S.H2O/c9-14(12,13)11-5-3-8-7(6-11)2-1-4-10-8;/h1-2,10H,3-6H2,(H2,9,12,13);1H2. The van der Waals surface area contributed by atoms with Crippen molar-refractivity contribution in [2.45, 2.75) is 6.42 Å². The van der Waals surface area contributed by atoms with Gasteiger partial charge in [-0.25, -0.2) is 5.14 Å². The third-order valence-corrected chi connectivity index (χ3v) is 3.49. The van der Waals surface area contributed by atoms with Crippen molar-refractivity contribution in [3.05, 3.63) is 23.4 Å². The zero-order valence-electron chi connectivity index (χ0n) is 8.23. The highest BCUT2D eigenvalue weighted by Crippen LogP contribution is 2.20. The quantitative estimate of drug-likeness (QED) is 0.574. The van der Waals surface area contributed by atoms with Crippen molar-refractivity contribution in [1.29, 1.82) is 0 Å². The summed E-state index contributed by atoms with van der Waals surface area (Å²) in [4.78, 5) is 0. The summed E-state index contributed by atoms with van der Waals surface area (Å²) in [6.45, 7) is 1.68. The average molecular weight is 233 g/mol. The number of nitrogens with two attached hydrogens (primary N) is 1. The van der Waals surface area contributed by atoms with Crippen LogP contribution in [0.15, 0.2) is 23.4 Å². The summed E-state index contributed by atoms with van der Waals surface area (Å²) in [6, 6.07) is 0. The second-order valence-electron chi connectivity index (χ2n) is 3.42. The van der Waals surface area contributed by atoms with E-state index >= 15 is 0 Å². The van der Waals surface area contributed by atoms with Gasteiger partial charge in [0.1, 0.15) is 0 Å². The zero-order valence-corrected chi connectivity index (χ0v) is 9.05. The molecule has 5 N–H and O–H groups in total. The third-order valence-electron chi connectivity index (χ3n) is 2.46. The number of hydrogen-bond donors (Lipinski definition) is 2. The molecule has 0 saturated carbocycles. The van der Waals surface area contributed by atoms with Crippen LogP contribution in [0.4, 0.5) is 0 Å². The maximum absolute atomic E-state index is 11.1. The smallest absolute Gasteiger partial charge is 0.277 e. The van der Waals surface area contributed by atoms with Gasteiger partial charge in [-0.05, 0) is 5.57 Å². The molecule has 0 aliphatic carbocycles. The first-order valence-corrected chi connectivity index (χ1v) is 5.98. The topological polar surface area (TPSA) is 107 Å². The second kappa shape index (κ2) is 4.31. The maximum atomic E-state index is 11.1. The van der Waals surface area contributed by atoms with Crippen LogP contribution in [-0.2, 0) is 10.2 Å². The largest absolute Gasteiger partial charge is 0.412 e. The molecule has 0 radical (unpaired) electrons. The van der Waals surface area contributed by atoms with Crippen molar-refractivity contribution in [3.8, 4) is 0 Å². The summed E-state index contributed by atoms with van der Waals surface area (Å²) in [6.07, 6.45) is 4.66. The van der Waals surface area contributed by atoms with Gasteiger partial charge in [-0.15, -0.1) is 0 Å². The van der Waals surface area contributed by atoms with Gasteiger partial charge in [-0.2, -0.15) is 12.7 Å². The monoisotopic (exact) mass is 233 g/mol. The molecule has 0 fully saturated rings. The van der Waals surface area contributed by atoms with E-state index in [2.05, 4.69) is 5.32 Å². The van der Waals surface area contributed by atoms with Gasteiger partial charge < -0.3 is 10.8 Å². The third kappa shape index (κ3) is 2.57. The van der Waals surface area contributed by atoms with Gasteiger partial charge in [0.05, 0.1) is 0 Å². The first-order chi connectivity index (χ1) is 6.57. The molecule has 86 valence electrons. The van der Waals surface area contributed by atoms with Gasteiger partial charge in [-0.3, -0.25) is 0 Å². The summed E-state index contributed by atoms with van der Waals surface area (Å²) < 4.78 is 23.5. The van der Waals surface area contributed by atoms with Crippen molar-refractivity contribution in [3.63, 3.8) is 0 Å². The van der Waals surface area contributed by atoms with Crippen LogP contribution in [0.1, 0.15) is 6.42 Å². The van der Waals surface area contributed by atoms with E-state index in [4.69, 9.17) is 5.14 Å². The Morgan fingerprint density at radius 2 is 2.20 bits per heavy atom. The van der Waals surface area contributed by atoms with E-state index in [1.54, 1.807) is 0 Å². The van der Waals surface area contributed by atoms with E-state index < -0.39 is 10.2 Å². The molecule has 0 atom stereocenters. The molecule has 0 aromatic heterocycles. The highest BCUT2D eigenvalue weighted by atomic mass is 32.2. The van der Waals surface area contributed by atoms with Crippen LogP contribution in [0.3, 0.4) is 0 Å². The zero-order chi connectivity index (χ0) is 10.2. The van der Waals surface area contributed by atoms with E-state index in [0.29, 0.717) is 13.1 Å². The molecule has 2 rings (SSSR count). The molecule has 15 heavy (non-hydrogen) atoms. The van der Waals surface area contributed by atoms with Crippen LogP contribution in [-0.4, -0.2) is 37.8 Å². The second-order valence-corrected chi connectivity index (χ2v) is 4.96. The molecule has 0 unspecified atom stereocenters. The van der Waals surface area contributed by atoms with Crippen LogP contribution in [0.25, 0.3) is 0 Å². The van der Waals surface area contributed by atoms with Gasteiger partial charge >= 0.3 is 0 Å². The average Bonchev–Trinajstić information content (AvgIpc) is 2.16. The number of rotatable bonds is 1. The van der Waals surface area contributed by atoms with Crippen molar-refractivity contribution in [2.24, 2.45) is 5.14 Å². The Labute approximate surface area is 88.9 Å². The summed E-state index contributed by atoms with van der Waals surface area (Å²) in [5, 5.41) is 8.29. The van der Waals surface area contributed by atoms with Crippen molar-refractivity contribution in [1.82, 2.24) is 9.62 Å². The van der Waals surface area contributed by atoms with E-state index in [1.807, 2.05) is 12.2 Å². The lowest BCUT2D eigenvalue weighted by atomic mass is 10.0. The summed E-state index contributed by atoms with van der Waals surface area (Å²) in [7, 11) is -3.54. The van der Waals surface area contributed by atoms with E-state index in [0.717, 1.165) is 24.2 Å². The lowest BCUT2D eigenvalue weighted by molar-refractivity contribution is 0.416. The molecule has 0 aromatic rings. The molecular weight excluding hydrogens is 218 g/mol. The van der Waals surface area contributed by atoms with Crippen molar-refractivity contribution >= 4 is 10.2 Å². The molecule has 2 aliphatic heterocycles. The Morgan fingerprint density at radius 1 is 1.47 bits per heavy atom. The Bertz CT molecular complexity index is 399. The van der Waals surface area contributed by atoms with Crippen LogP contribution in [0.5, 0.6) is 0 Å². The summed E-state index contributed by atoms with van der Waals surface area (Å²) >= 11 is 0. The van der Waals surface area contributed by atoms with Crippen molar-refractivity contribution in [2.75, 3.05) is 19.6 Å². The predicted octanol–water partition coefficient (Wildman–Crippen LogP) is -1.52. The van der Waals surface area contributed by atoms with Gasteiger partial charge in [0.2, 0.25) is 0 Å². The Morgan fingerprint density at radius 3 is 2.87 bits per heavy atom. The molecule has 0 spiro atoms. The number of dihydropyridines is 1. The molecule has 0 amide bonds. The fraction of sp³-hybridized carbons (Fsp3) is 0.500. The minimum atomic E-state index is -3.54. The molecule has 2 aliphatic rings. The molecule has 2 heterocycles. The summed E-state index contributed by atoms with van der Waals surface area (Å²) in [5.41, 5.74) is 2.17. The fourth-order valence-corrected chi connectivity index (χ4v) is 2.38. The van der Waals surface area contributed by atoms with Crippen molar-refractivity contribution < 1.29 is 13.9 Å². The van der Waals surface area contributed by atoms with Gasteiger partial charge in [0.15, 0.2) is 0 Å². The summed E-state index contributed by atoms with van der Waals surface area (Å²) in [5.74, 6) is 0. The molecule has 0 saturated heterocycles. The van der Waals surface area contributed by atoms with Gasteiger partial charge in [0.25, 0.3) is 10.2 Å². The highest BCUT2D eigenvalue weighted by Gasteiger charge is 2.24. The Hall–Kier alpha value is -0.890. The predicted molar refractivity (Wildman–Crippen MR) is 57.1 cm³/mol. The van der Waals surface area contributed by atoms with Crippen LogP contribution >= 0.6 is 0 Å². The van der Waals surface area contributed by atoms with Gasteiger partial charge in [0, 0.05) is 31.8 Å². The van der Waals surface area contributed by atoms with E-state index in [-0.39, 0.29) is 5.48 Å². The van der Waals surface area contributed by atoms with Crippen LogP contribution in [0, 0.1) is 0 Å². The minimum absolute atomic E-state index is 0. The molecule has 6 nitrogen and oxygen atoms in total. The molecular formula is C8H15N3O3S.